The summed E-state index contributed by atoms with van der Waals surface area (Å²) in [5.74, 6) is 0.677. The van der Waals surface area contributed by atoms with Crippen LogP contribution in [0.5, 0.6) is 5.75 Å². The number of hydrogen-bond acceptors (Lipinski definition) is 4. The summed E-state index contributed by atoms with van der Waals surface area (Å²) in [6.07, 6.45) is 3.29. The molecular weight excluding hydrogens is 300 g/mol. The Kier molecular flexibility index (Phi) is 5.47. The molecule has 124 valence electrons. The lowest BCUT2D eigenvalue weighted by molar-refractivity contribution is 0.167. The number of nitrogens with one attached hydrogen (secondary N) is 1. The van der Waals surface area contributed by atoms with Gasteiger partial charge in [0, 0.05) is 25.2 Å². The molecule has 0 bridgehead atoms. The summed E-state index contributed by atoms with van der Waals surface area (Å²) in [7, 11) is -3.13. The van der Waals surface area contributed by atoms with Gasteiger partial charge < -0.3 is 5.11 Å². The highest BCUT2D eigenvalue weighted by atomic mass is 32.2. The van der Waals surface area contributed by atoms with Crippen LogP contribution >= 0.6 is 0 Å². The summed E-state index contributed by atoms with van der Waals surface area (Å²) < 4.78 is 25.0. The summed E-state index contributed by atoms with van der Waals surface area (Å²) in [6.45, 7) is 7.09. The number of nitrogens with zero attached hydrogens (tertiary/aromatic N) is 1. The maximum absolute atomic E-state index is 11.2. The Hall–Kier alpha value is -1.11. The first-order chi connectivity index (χ1) is 10.2. The van der Waals surface area contributed by atoms with Gasteiger partial charge in [-0.25, -0.2) is 13.1 Å². The first-order valence-electron chi connectivity index (χ1n) is 7.70. The Morgan fingerprint density at radius 3 is 2.68 bits per heavy atom. The fourth-order valence-electron chi connectivity index (χ4n) is 2.96. The Balaban J connectivity index is 1.97. The van der Waals surface area contributed by atoms with E-state index < -0.39 is 10.0 Å². The average molecular weight is 326 g/mol. The van der Waals surface area contributed by atoms with Crippen LogP contribution in [0.25, 0.3) is 0 Å². The number of likely N-dealkylation sites (tertiary alicyclic amines) is 1. The van der Waals surface area contributed by atoms with E-state index in [2.05, 4.69) is 9.62 Å². The predicted molar refractivity (Wildman–Crippen MR) is 88.4 cm³/mol. The number of hydrogen-bond donors (Lipinski definition) is 2. The highest BCUT2D eigenvalue weighted by Gasteiger charge is 2.21. The number of phenols is 1. The van der Waals surface area contributed by atoms with Crippen LogP contribution in [0.4, 0.5) is 0 Å². The molecule has 0 amide bonds. The third-order valence-electron chi connectivity index (χ3n) is 4.33. The molecule has 1 fully saturated rings. The van der Waals surface area contributed by atoms with Crippen LogP contribution in [0.3, 0.4) is 0 Å². The van der Waals surface area contributed by atoms with E-state index in [0.717, 1.165) is 37.1 Å². The first-order valence-corrected chi connectivity index (χ1v) is 9.60. The molecule has 1 heterocycles. The number of aromatic hydroxyl groups is 1. The van der Waals surface area contributed by atoms with Crippen LogP contribution in [0.2, 0.25) is 0 Å². The second-order valence-electron chi connectivity index (χ2n) is 6.43. The van der Waals surface area contributed by atoms with E-state index in [0.29, 0.717) is 24.8 Å². The fourth-order valence-corrected chi connectivity index (χ4v) is 3.50. The molecule has 1 atom stereocenters. The van der Waals surface area contributed by atoms with Gasteiger partial charge in [0.05, 0.1) is 6.26 Å². The zero-order chi connectivity index (χ0) is 16.3. The van der Waals surface area contributed by atoms with Gasteiger partial charge in [0.15, 0.2) is 0 Å². The van der Waals surface area contributed by atoms with E-state index in [-0.39, 0.29) is 0 Å². The second kappa shape index (κ2) is 6.98. The SMILES string of the molecule is Cc1cc(O)c(CN2CCCC(CNS(C)(=O)=O)C2)cc1C. The van der Waals surface area contributed by atoms with E-state index in [1.54, 1.807) is 0 Å². The molecule has 0 aromatic heterocycles. The highest BCUT2D eigenvalue weighted by Crippen LogP contribution is 2.25. The largest absolute Gasteiger partial charge is 0.508 e. The van der Waals surface area contributed by atoms with Crippen molar-refractivity contribution < 1.29 is 13.5 Å². The predicted octanol–water partition coefficient (Wildman–Crippen LogP) is 1.77. The Bertz CT molecular complexity index is 629. The molecule has 1 aromatic rings. The topological polar surface area (TPSA) is 69.6 Å². The van der Waals surface area contributed by atoms with Crippen molar-refractivity contribution in [3.05, 3.63) is 28.8 Å². The summed E-state index contributed by atoms with van der Waals surface area (Å²) >= 11 is 0. The van der Waals surface area contributed by atoms with E-state index in [1.165, 1.54) is 11.8 Å². The molecule has 0 aliphatic carbocycles. The molecule has 0 spiro atoms. The maximum Gasteiger partial charge on any atom is 0.208 e. The molecule has 1 saturated heterocycles. The van der Waals surface area contributed by atoms with Gasteiger partial charge in [-0.1, -0.05) is 6.07 Å². The number of sulfonamides is 1. The molecule has 0 radical (unpaired) electrons. The van der Waals surface area contributed by atoms with Crippen LogP contribution in [0, 0.1) is 19.8 Å². The van der Waals surface area contributed by atoms with Gasteiger partial charge in [0.1, 0.15) is 5.75 Å². The minimum atomic E-state index is -3.13. The number of piperidine rings is 1. The Morgan fingerprint density at radius 2 is 2.00 bits per heavy atom. The summed E-state index contributed by atoms with van der Waals surface area (Å²) in [6, 6.07) is 3.86. The molecular formula is C16H26N2O3S. The molecule has 1 aliphatic heterocycles. The van der Waals surface area contributed by atoms with Crippen molar-refractivity contribution in [3.63, 3.8) is 0 Å². The van der Waals surface area contributed by atoms with Gasteiger partial charge in [-0.3, -0.25) is 4.90 Å². The molecule has 2 rings (SSSR count). The minimum absolute atomic E-state index is 0.331. The Morgan fingerprint density at radius 1 is 1.32 bits per heavy atom. The zero-order valence-electron chi connectivity index (χ0n) is 13.6. The zero-order valence-corrected chi connectivity index (χ0v) is 14.4. The van der Waals surface area contributed by atoms with Crippen LogP contribution in [-0.4, -0.2) is 44.3 Å². The third kappa shape index (κ3) is 4.97. The van der Waals surface area contributed by atoms with Gasteiger partial charge in [0.2, 0.25) is 10.0 Å². The number of aryl methyl sites for hydroxylation is 2. The maximum atomic E-state index is 11.2. The monoisotopic (exact) mass is 326 g/mol. The van der Waals surface area contributed by atoms with Crippen LogP contribution in [-0.2, 0) is 16.6 Å². The summed E-state index contributed by atoms with van der Waals surface area (Å²) in [5.41, 5.74) is 3.22. The molecule has 1 aliphatic rings. The molecule has 0 saturated carbocycles. The van der Waals surface area contributed by atoms with E-state index in [9.17, 15) is 13.5 Å². The molecule has 6 heteroatoms. The van der Waals surface area contributed by atoms with Crippen molar-refractivity contribution in [2.45, 2.75) is 33.2 Å². The van der Waals surface area contributed by atoms with E-state index in [1.807, 2.05) is 26.0 Å². The van der Waals surface area contributed by atoms with Crippen LogP contribution in [0.1, 0.15) is 29.5 Å². The first kappa shape index (κ1) is 17.2. The van der Waals surface area contributed by atoms with Gasteiger partial charge in [-0.15, -0.1) is 0 Å². The van der Waals surface area contributed by atoms with E-state index >= 15 is 0 Å². The lowest BCUT2D eigenvalue weighted by Gasteiger charge is -2.33. The molecule has 2 N–H and O–H groups in total. The van der Waals surface area contributed by atoms with Crippen molar-refractivity contribution >= 4 is 10.0 Å². The van der Waals surface area contributed by atoms with Crippen molar-refractivity contribution in [1.29, 1.82) is 0 Å². The molecule has 5 nitrogen and oxygen atoms in total. The smallest absolute Gasteiger partial charge is 0.208 e. The average Bonchev–Trinajstić information content (AvgIpc) is 2.42. The van der Waals surface area contributed by atoms with Crippen LogP contribution in [0.15, 0.2) is 12.1 Å². The van der Waals surface area contributed by atoms with Crippen molar-refractivity contribution in [3.8, 4) is 5.75 Å². The summed E-state index contributed by atoms with van der Waals surface area (Å²) in [4.78, 5) is 2.29. The quantitative estimate of drug-likeness (QED) is 0.865. The number of phenolic OH excluding ortho intramolecular Hbond substituents is 1. The molecule has 1 unspecified atom stereocenters. The van der Waals surface area contributed by atoms with Crippen molar-refractivity contribution in [2.75, 3.05) is 25.9 Å². The number of rotatable bonds is 5. The second-order valence-corrected chi connectivity index (χ2v) is 8.26. The van der Waals surface area contributed by atoms with Gasteiger partial charge in [0.25, 0.3) is 0 Å². The fraction of sp³-hybridized carbons (Fsp3) is 0.625. The summed E-state index contributed by atoms with van der Waals surface area (Å²) in [5, 5.41) is 10.1. The normalized spacial score (nSPS) is 20.2. The van der Waals surface area contributed by atoms with Gasteiger partial charge in [-0.05, 0) is 56.3 Å². The number of benzene rings is 1. The molecule has 1 aromatic carbocycles. The highest BCUT2D eigenvalue weighted by molar-refractivity contribution is 7.88. The van der Waals surface area contributed by atoms with Crippen molar-refractivity contribution in [2.24, 2.45) is 5.92 Å². The van der Waals surface area contributed by atoms with Gasteiger partial charge in [-0.2, -0.15) is 0 Å². The van der Waals surface area contributed by atoms with Gasteiger partial charge >= 0.3 is 0 Å². The Labute approximate surface area is 133 Å². The van der Waals surface area contributed by atoms with Crippen LogP contribution < -0.4 is 4.72 Å². The molecule has 22 heavy (non-hydrogen) atoms. The van der Waals surface area contributed by atoms with Crippen molar-refractivity contribution in [1.82, 2.24) is 9.62 Å². The lowest BCUT2D eigenvalue weighted by atomic mass is 9.97. The van der Waals surface area contributed by atoms with E-state index in [4.69, 9.17) is 0 Å². The standard InChI is InChI=1S/C16H26N2O3S/c1-12-7-15(16(19)8-13(12)2)11-18-6-4-5-14(10-18)9-17-22(3,20)21/h7-8,14,17,19H,4-6,9-11H2,1-3H3. The third-order valence-corrected chi connectivity index (χ3v) is 5.02. The minimum Gasteiger partial charge on any atom is -0.508 e. The lowest BCUT2D eigenvalue weighted by Crippen LogP contribution is -2.40.